The van der Waals surface area contributed by atoms with E-state index in [9.17, 15) is 0 Å². The van der Waals surface area contributed by atoms with Crippen LogP contribution >= 0.6 is 22.7 Å². The Hall–Kier alpha value is -5.09. The van der Waals surface area contributed by atoms with Gasteiger partial charge in [0.25, 0.3) is 0 Å². The van der Waals surface area contributed by atoms with Gasteiger partial charge >= 0.3 is 0 Å². The molecule has 1 aliphatic rings. The lowest BCUT2D eigenvalue weighted by molar-refractivity contribution is 0.422. The highest BCUT2D eigenvalue weighted by molar-refractivity contribution is 7.22. The maximum absolute atomic E-state index is 6.18. The molecule has 2 N–H and O–H groups in total. The summed E-state index contributed by atoms with van der Waals surface area (Å²) in [4.78, 5) is 7.07. The average molecular weight is 610 g/mol. The summed E-state index contributed by atoms with van der Waals surface area (Å²) in [6, 6.07) is 27.6. The van der Waals surface area contributed by atoms with E-state index in [1.165, 1.54) is 21.2 Å². The number of H-pyrrole nitrogens is 1. The Labute approximate surface area is 259 Å². The van der Waals surface area contributed by atoms with E-state index < -0.39 is 0 Å². The second-order valence-electron chi connectivity index (χ2n) is 10.6. The summed E-state index contributed by atoms with van der Waals surface area (Å²) >= 11 is 3.51. The molecule has 0 saturated heterocycles. The first-order valence-electron chi connectivity index (χ1n) is 14.2. The summed E-state index contributed by atoms with van der Waals surface area (Å²) in [5, 5.41) is 19.4. The van der Waals surface area contributed by atoms with Crippen LogP contribution < -0.4 is 5.32 Å². The van der Waals surface area contributed by atoms with Crippen LogP contribution in [0.25, 0.3) is 64.9 Å². The van der Waals surface area contributed by atoms with Gasteiger partial charge in [-0.25, -0.2) is 4.98 Å². The van der Waals surface area contributed by atoms with Gasteiger partial charge in [-0.3, -0.25) is 5.10 Å². The normalized spacial score (nSPS) is 14.4. The number of hydrogen-bond acceptors (Lipinski definition) is 8. The van der Waals surface area contributed by atoms with Crippen LogP contribution in [0.15, 0.2) is 118 Å². The van der Waals surface area contributed by atoms with Crippen molar-refractivity contribution in [2.24, 2.45) is 0 Å². The molecule has 1 aliphatic heterocycles. The van der Waals surface area contributed by atoms with E-state index in [1.54, 1.807) is 47.6 Å². The molecule has 0 radical (unpaired) electrons. The van der Waals surface area contributed by atoms with Gasteiger partial charge in [-0.05, 0) is 51.7 Å². The largest absolute Gasteiger partial charge is 0.444 e. The quantitative estimate of drug-likeness (QED) is 0.195. The number of rotatable bonds is 6. The molecule has 0 bridgehead atoms. The molecular weight excluding hydrogens is 587 g/mol. The van der Waals surface area contributed by atoms with Gasteiger partial charge in [0, 0.05) is 55.5 Å². The van der Waals surface area contributed by atoms with Crippen molar-refractivity contribution >= 4 is 32.8 Å². The molecule has 0 spiro atoms. The standard InChI is InChI=1S/C35H23N5O2S2/c1-3-8-22-21(7-1)19-37-34(22)32-31(27-18-20-6-2-4-9-25(20)44-27)30(26-10-5-17-43-26)28(23-11-13-38-39-23)29(24-12-15-42-40-24)33(32)35-36-14-16-41-35/h1-18,34,37H,19H2,(H,38,39). The minimum atomic E-state index is -0.131. The van der Waals surface area contributed by atoms with Crippen molar-refractivity contribution in [3.8, 4) is 54.9 Å². The average Bonchev–Trinajstić information content (AvgIpc) is 3.90. The molecule has 0 saturated carbocycles. The van der Waals surface area contributed by atoms with Crippen molar-refractivity contribution in [2.75, 3.05) is 0 Å². The topological polar surface area (TPSA) is 92.8 Å². The SMILES string of the molecule is c1csc(-c2c(-c3ccn[nH]3)c(-c3ccon3)c(-c3ncco3)c(C3NCc4ccccc43)c2-c2cc3ccccc3s2)c1. The highest BCUT2D eigenvalue weighted by Gasteiger charge is 2.37. The highest BCUT2D eigenvalue weighted by atomic mass is 32.1. The van der Waals surface area contributed by atoms with Crippen molar-refractivity contribution in [3.63, 3.8) is 0 Å². The number of oxazole rings is 1. The molecule has 7 nitrogen and oxygen atoms in total. The van der Waals surface area contributed by atoms with Crippen molar-refractivity contribution < 1.29 is 8.94 Å². The second kappa shape index (κ2) is 10.3. The fourth-order valence-electron chi connectivity index (χ4n) is 6.47. The Kier molecular flexibility index (Phi) is 5.93. The Bertz CT molecular complexity index is 2200. The van der Waals surface area contributed by atoms with Crippen LogP contribution in [0.3, 0.4) is 0 Å². The molecule has 9 rings (SSSR count). The maximum atomic E-state index is 6.18. The predicted octanol–water partition coefficient (Wildman–Crippen LogP) is 9.19. The van der Waals surface area contributed by atoms with Crippen molar-refractivity contribution in [1.29, 1.82) is 0 Å². The number of aromatic nitrogens is 4. The van der Waals surface area contributed by atoms with E-state index >= 15 is 0 Å². The molecule has 8 aromatic rings. The third kappa shape index (κ3) is 3.94. The monoisotopic (exact) mass is 609 g/mol. The number of nitrogens with one attached hydrogen (secondary N) is 2. The van der Waals surface area contributed by atoms with E-state index in [2.05, 4.69) is 92.8 Å². The molecule has 212 valence electrons. The van der Waals surface area contributed by atoms with Crippen LogP contribution in [-0.4, -0.2) is 20.3 Å². The van der Waals surface area contributed by atoms with Crippen LogP contribution in [-0.2, 0) is 6.54 Å². The smallest absolute Gasteiger partial charge is 0.226 e. The molecule has 3 aromatic carbocycles. The van der Waals surface area contributed by atoms with E-state index in [1.807, 2.05) is 12.1 Å². The Morgan fingerprint density at radius 3 is 2.52 bits per heavy atom. The third-order valence-corrected chi connectivity index (χ3v) is 10.3. The molecule has 1 atom stereocenters. The summed E-state index contributed by atoms with van der Waals surface area (Å²) in [6.45, 7) is 0.758. The molecule has 5 aromatic heterocycles. The predicted molar refractivity (Wildman–Crippen MR) is 174 cm³/mol. The summed E-state index contributed by atoms with van der Waals surface area (Å²) in [6.07, 6.45) is 6.72. The molecule has 44 heavy (non-hydrogen) atoms. The van der Waals surface area contributed by atoms with Crippen LogP contribution in [0.2, 0.25) is 0 Å². The van der Waals surface area contributed by atoms with Crippen LogP contribution in [0.1, 0.15) is 22.7 Å². The molecule has 1 unspecified atom stereocenters. The van der Waals surface area contributed by atoms with E-state index in [0.29, 0.717) is 11.6 Å². The minimum Gasteiger partial charge on any atom is -0.444 e. The number of thiophene rings is 2. The summed E-state index contributed by atoms with van der Waals surface area (Å²) < 4.78 is 12.9. The van der Waals surface area contributed by atoms with Gasteiger partial charge < -0.3 is 14.3 Å². The molecule has 0 amide bonds. The van der Waals surface area contributed by atoms with Gasteiger partial charge in [0.2, 0.25) is 5.89 Å². The first-order valence-corrected chi connectivity index (χ1v) is 15.9. The molecule has 6 heterocycles. The Morgan fingerprint density at radius 2 is 1.73 bits per heavy atom. The van der Waals surface area contributed by atoms with Gasteiger partial charge in [0.1, 0.15) is 18.2 Å². The van der Waals surface area contributed by atoms with E-state index in [0.717, 1.165) is 55.4 Å². The van der Waals surface area contributed by atoms with Crippen molar-refractivity contribution in [1.82, 2.24) is 25.7 Å². The van der Waals surface area contributed by atoms with Crippen molar-refractivity contribution in [2.45, 2.75) is 12.6 Å². The van der Waals surface area contributed by atoms with E-state index in [4.69, 9.17) is 13.9 Å². The number of benzene rings is 3. The number of fused-ring (bicyclic) bond motifs is 2. The first kappa shape index (κ1) is 25.4. The summed E-state index contributed by atoms with van der Waals surface area (Å²) in [5.74, 6) is 0.519. The zero-order valence-corrected chi connectivity index (χ0v) is 24.8. The Morgan fingerprint density at radius 1 is 0.795 bits per heavy atom. The van der Waals surface area contributed by atoms with Gasteiger partial charge in [-0.2, -0.15) is 5.10 Å². The van der Waals surface area contributed by atoms with Crippen LogP contribution in [0.4, 0.5) is 0 Å². The first-order chi connectivity index (χ1) is 21.8. The van der Waals surface area contributed by atoms with Gasteiger partial charge in [0.05, 0.1) is 23.5 Å². The van der Waals surface area contributed by atoms with Crippen LogP contribution in [0.5, 0.6) is 0 Å². The minimum absolute atomic E-state index is 0.131. The Balaban J connectivity index is 1.54. The highest BCUT2D eigenvalue weighted by Crippen LogP contribution is 2.56. The zero-order valence-electron chi connectivity index (χ0n) is 23.2. The lowest BCUT2D eigenvalue weighted by Gasteiger charge is -2.27. The number of nitrogens with zero attached hydrogens (tertiary/aromatic N) is 3. The third-order valence-electron chi connectivity index (χ3n) is 8.24. The van der Waals surface area contributed by atoms with Crippen molar-refractivity contribution in [3.05, 3.63) is 126 Å². The zero-order chi connectivity index (χ0) is 29.0. The second-order valence-corrected chi connectivity index (χ2v) is 12.7. The van der Waals surface area contributed by atoms with Crippen LogP contribution in [0, 0.1) is 0 Å². The van der Waals surface area contributed by atoms with E-state index in [-0.39, 0.29) is 6.04 Å². The molecule has 9 heteroatoms. The fourth-order valence-corrected chi connectivity index (χ4v) is 8.38. The maximum Gasteiger partial charge on any atom is 0.226 e. The molecular formula is C35H23N5O2S2. The van der Waals surface area contributed by atoms with Gasteiger partial charge in [-0.15, -0.1) is 22.7 Å². The lowest BCUT2D eigenvalue weighted by atomic mass is 9.79. The van der Waals surface area contributed by atoms with Gasteiger partial charge in [-0.1, -0.05) is 53.7 Å². The molecule has 0 aliphatic carbocycles. The number of aromatic amines is 1. The number of hydrogen-bond donors (Lipinski definition) is 2. The summed E-state index contributed by atoms with van der Waals surface area (Å²) in [5.41, 5.74) is 10.1. The lowest BCUT2D eigenvalue weighted by Crippen LogP contribution is -2.17. The summed E-state index contributed by atoms with van der Waals surface area (Å²) in [7, 11) is 0. The molecule has 0 fully saturated rings. The van der Waals surface area contributed by atoms with Gasteiger partial charge in [0.15, 0.2) is 0 Å². The fraction of sp³-hybridized carbons (Fsp3) is 0.0571.